The van der Waals surface area contributed by atoms with E-state index in [4.69, 9.17) is 16.3 Å². The van der Waals surface area contributed by atoms with Crippen LogP contribution in [0.2, 0.25) is 0 Å². The molecule has 0 aliphatic heterocycles. The lowest BCUT2D eigenvalue weighted by Crippen LogP contribution is -1.96. The van der Waals surface area contributed by atoms with Crippen molar-refractivity contribution >= 4 is 22.4 Å². The van der Waals surface area contributed by atoms with E-state index in [0.29, 0.717) is 5.39 Å². The molecule has 0 saturated heterocycles. The van der Waals surface area contributed by atoms with Gasteiger partial charge in [-0.2, -0.15) is 0 Å². The van der Waals surface area contributed by atoms with Crippen LogP contribution in [0.15, 0.2) is 60.7 Å². The van der Waals surface area contributed by atoms with Crippen LogP contribution >= 0.6 is 11.6 Å². The standard InChI is InChI=1S/C18H14ClFO/c1-21-13-8-6-12(7-9-13)18(19)16-10-11-17(20)15-5-3-2-4-14(15)16/h2-11,18H,1H3. The molecule has 3 aromatic carbocycles. The molecule has 0 aliphatic carbocycles. The first-order chi connectivity index (χ1) is 10.2. The smallest absolute Gasteiger partial charge is 0.131 e. The molecular weight excluding hydrogens is 287 g/mol. The van der Waals surface area contributed by atoms with Gasteiger partial charge in [0, 0.05) is 5.39 Å². The lowest BCUT2D eigenvalue weighted by atomic mass is 9.97. The van der Waals surface area contributed by atoms with E-state index in [1.807, 2.05) is 42.5 Å². The molecular formula is C18H14ClFO. The van der Waals surface area contributed by atoms with Crippen LogP contribution in [-0.2, 0) is 0 Å². The third kappa shape index (κ3) is 2.59. The maximum Gasteiger partial charge on any atom is 0.131 e. The molecule has 1 unspecified atom stereocenters. The Morgan fingerprint density at radius 2 is 1.57 bits per heavy atom. The lowest BCUT2D eigenvalue weighted by Gasteiger charge is -2.14. The van der Waals surface area contributed by atoms with E-state index >= 15 is 0 Å². The molecule has 0 N–H and O–H groups in total. The SMILES string of the molecule is COc1ccc(C(Cl)c2ccc(F)c3ccccc23)cc1. The Kier molecular flexibility index (Phi) is 3.80. The minimum Gasteiger partial charge on any atom is -0.497 e. The normalized spacial score (nSPS) is 12.3. The van der Waals surface area contributed by atoms with Crippen molar-refractivity contribution in [2.75, 3.05) is 7.11 Å². The highest BCUT2D eigenvalue weighted by Gasteiger charge is 2.15. The Bertz CT molecular complexity index is 768. The molecule has 0 fully saturated rings. The number of fused-ring (bicyclic) bond motifs is 1. The number of halogens is 2. The van der Waals surface area contributed by atoms with Gasteiger partial charge in [-0.05, 0) is 34.7 Å². The predicted molar refractivity (Wildman–Crippen MR) is 84.6 cm³/mol. The number of rotatable bonds is 3. The number of hydrogen-bond donors (Lipinski definition) is 0. The summed E-state index contributed by atoms with van der Waals surface area (Å²) in [5.41, 5.74) is 1.85. The van der Waals surface area contributed by atoms with E-state index in [1.54, 1.807) is 19.2 Å². The van der Waals surface area contributed by atoms with Crippen molar-refractivity contribution in [2.45, 2.75) is 5.38 Å². The Hall–Kier alpha value is -2.06. The summed E-state index contributed by atoms with van der Waals surface area (Å²) in [6.45, 7) is 0. The summed E-state index contributed by atoms with van der Waals surface area (Å²) >= 11 is 6.60. The Morgan fingerprint density at radius 3 is 2.24 bits per heavy atom. The van der Waals surface area contributed by atoms with E-state index in [-0.39, 0.29) is 11.2 Å². The number of hydrogen-bond acceptors (Lipinski definition) is 1. The first-order valence-corrected chi connectivity index (χ1v) is 7.09. The summed E-state index contributed by atoms with van der Waals surface area (Å²) < 4.78 is 19.0. The summed E-state index contributed by atoms with van der Waals surface area (Å²) in [4.78, 5) is 0. The van der Waals surface area contributed by atoms with Crippen LogP contribution in [0, 0.1) is 5.82 Å². The van der Waals surface area contributed by atoms with Crippen molar-refractivity contribution in [3.63, 3.8) is 0 Å². The molecule has 0 aromatic heterocycles. The van der Waals surface area contributed by atoms with Crippen molar-refractivity contribution in [2.24, 2.45) is 0 Å². The second-order valence-electron chi connectivity index (χ2n) is 4.82. The molecule has 0 heterocycles. The monoisotopic (exact) mass is 300 g/mol. The van der Waals surface area contributed by atoms with Crippen LogP contribution in [0.4, 0.5) is 4.39 Å². The molecule has 1 atom stereocenters. The van der Waals surface area contributed by atoms with Gasteiger partial charge in [-0.1, -0.05) is 42.5 Å². The van der Waals surface area contributed by atoms with Crippen LogP contribution < -0.4 is 4.74 Å². The second kappa shape index (κ2) is 5.74. The van der Waals surface area contributed by atoms with Crippen molar-refractivity contribution < 1.29 is 9.13 Å². The molecule has 106 valence electrons. The van der Waals surface area contributed by atoms with Crippen LogP contribution in [0.25, 0.3) is 10.8 Å². The Labute approximate surface area is 127 Å². The van der Waals surface area contributed by atoms with Gasteiger partial charge in [0.25, 0.3) is 0 Å². The third-order valence-electron chi connectivity index (χ3n) is 3.59. The molecule has 1 nitrogen and oxygen atoms in total. The first kappa shape index (κ1) is 13.9. The maximum absolute atomic E-state index is 13.9. The fourth-order valence-corrected chi connectivity index (χ4v) is 2.79. The van der Waals surface area contributed by atoms with E-state index in [1.165, 1.54) is 6.07 Å². The fourth-order valence-electron chi connectivity index (χ4n) is 2.46. The van der Waals surface area contributed by atoms with Crippen molar-refractivity contribution in [3.8, 4) is 5.75 Å². The minimum absolute atomic E-state index is 0.229. The molecule has 0 bridgehead atoms. The third-order valence-corrected chi connectivity index (χ3v) is 4.07. The first-order valence-electron chi connectivity index (χ1n) is 6.66. The quantitative estimate of drug-likeness (QED) is 0.595. The van der Waals surface area contributed by atoms with E-state index in [0.717, 1.165) is 22.3 Å². The summed E-state index contributed by atoms with van der Waals surface area (Å²) in [5, 5.41) is 1.10. The molecule has 0 radical (unpaired) electrons. The summed E-state index contributed by atoms with van der Waals surface area (Å²) in [5.74, 6) is 0.555. The van der Waals surface area contributed by atoms with Crippen LogP contribution in [0.1, 0.15) is 16.5 Å². The number of methoxy groups -OCH3 is 1. The van der Waals surface area contributed by atoms with E-state index < -0.39 is 0 Å². The topological polar surface area (TPSA) is 9.23 Å². The molecule has 3 rings (SSSR count). The van der Waals surface area contributed by atoms with Gasteiger partial charge in [-0.3, -0.25) is 0 Å². The van der Waals surface area contributed by atoms with Crippen LogP contribution in [0.5, 0.6) is 5.75 Å². The molecule has 3 aromatic rings. The van der Waals surface area contributed by atoms with Crippen molar-refractivity contribution in [3.05, 3.63) is 77.6 Å². The van der Waals surface area contributed by atoms with Gasteiger partial charge in [0.15, 0.2) is 0 Å². The molecule has 3 heteroatoms. The Balaban J connectivity index is 2.08. The zero-order chi connectivity index (χ0) is 14.8. The van der Waals surface area contributed by atoms with Gasteiger partial charge in [-0.15, -0.1) is 11.6 Å². The number of alkyl halides is 1. The lowest BCUT2D eigenvalue weighted by molar-refractivity contribution is 0.414. The predicted octanol–water partition coefficient (Wildman–Crippen LogP) is 5.32. The van der Waals surface area contributed by atoms with Gasteiger partial charge in [0.1, 0.15) is 11.6 Å². The molecule has 0 saturated carbocycles. The van der Waals surface area contributed by atoms with Gasteiger partial charge >= 0.3 is 0 Å². The van der Waals surface area contributed by atoms with Crippen molar-refractivity contribution in [1.82, 2.24) is 0 Å². The molecule has 0 aliphatic rings. The van der Waals surface area contributed by atoms with Gasteiger partial charge in [0.05, 0.1) is 12.5 Å². The zero-order valence-electron chi connectivity index (χ0n) is 11.5. The van der Waals surface area contributed by atoms with Gasteiger partial charge in [0.2, 0.25) is 0 Å². The average molecular weight is 301 g/mol. The summed E-state index contributed by atoms with van der Waals surface area (Å²) in [6.07, 6.45) is 0. The zero-order valence-corrected chi connectivity index (χ0v) is 12.3. The molecule has 0 spiro atoms. The van der Waals surface area contributed by atoms with Crippen LogP contribution in [0.3, 0.4) is 0 Å². The highest BCUT2D eigenvalue weighted by molar-refractivity contribution is 6.23. The fraction of sp³-hybridized carbons (Fsp3) is 0.111. The van der Waals surface area contributed by atoms with Crippen LogP contribution in [-0.4, -0.2) is 7.11 Å². The number of benzene rings is 3. The largest absolute Gasteiger partial charge is 0.497 e. The average Bonchev–Trinajstić information content (AvgIpc) is 2.55. The maximum atomic E-state index is 13.9. The number of ether oxygens (including phenoxy) is 1. The molecule has 0 amide bonds. The van der Waals surface area contributed by atoms with E-state index in [2.05, 4.69) is 0 Å². The van der Waals surface area contributed by atoms with Crippen molar-refractivity contribution in [1.29, 1.82) is 0 Å². The van der Waals surface area contributed by atoms with Gasteiger partial charge < -0.3 is 4.74 Å². The summed E-state index contributed by atoms with van der Waals surface area (Å²) in [6, 6.07) is 18.2. The minimum atomic E-state index is -0.332. The second-order valence-corrected chi connectivity index (χ2v) is 5.25. The highest BCUT2D eigenvalue weighted by Crippen LogP contribution is 2.35. The summed E-state index contributed by atoms with van der Waals surface area (Å²) in [7, 11) is 1.63. The van der Waals surface area contributed by atoms with Gasteiger partial charge in [-0.25, -0.2) is 4.39 Å². The molecule has 21 heavy (non-hydrogen) atoms. The van der Waals surface area contributed by atoms with E-state index in [9.17, 15) is 4.39 Å². The Morgan fingerprint density at radius 1 is 0.905 bits per heavy atom. The highest BCUT2D eigenvalue weighted by atomic mass is 35.5.